The molecule has 0 bridgehead atoms. The Morgan fingerprint density at radius 1 is 0.759 bits per heavy atom. The molecule has 0 fully saturated rings. The van der Waals surface area contributed by atoms with Crippen molar-refractivity contribution in [2.45, 2.75) is 103 Å². The lowest BCUT2D eigenvalue weighted by atomic mass is 10.0. The molecule has 2 N–H and O–H groups in total. The Hall–Kier alpha value is -1.13. The molecule has 0 saturated heterocycles. The first-order chi connectivity index (χ1) is 14.2. The van der Waals surface area contributed by atoms with Crippen molar-refractivity contribution in [2.75, 3.05) is 13.2 Å². The second-order valence-electron chi connectivity index (χ2n) is 8.01. The van der Waals surface area contributed by atoms with Crippen molar-refractivity contribution in [1.82, 2.24) is 10.3 Å². The minimum atomic E-state index is -0.0733. The number of halogens is 1. The number of nitrogens with one attached hydrogen (secondary N) is 1. The van der Waals surface area contributed by atoms with Gasteiger partial charge in [0.2, 0.25) is 0 Å². The third-order valence-corrected chi connectivity index (χ3v) is 5.58. The van der Waals surface area contributed by atoms with E-state index in [1.165, 1.54) is 96.1 Å². The van der Waals surface area contributed by atoms with Crippen LogP contribution in [0.3, 0.4) is 0 Å². The van der Waals surface area contributed by atoms with E-state index in [1.54, 1.807) is 12.1 Å². The lowest BCUT2D eigenvalue weighted by molar-refractivity contribution is 0.0952. The monoisotopic (exact) mass is 424 g/mol. The Labute approximate surface area is 182 Å². The van der Waals surface area contributed by atoms with Crippen molar-refractivity contribution in [2.24, 2.45) is 0 Å². The number of carbonyl (C=O) groups is 1. The highest BCUT2D eigenvalue weighted by Gasteiger charge is 2.04. The summed E-state index contributed by atoms with van der Waals surface area (Å²) in [5.74, 6) is -0.0733. The molecule has 0 spiro atoms. The highest BCUT2D eigenvalue weighted by molar-refractivity contribution is 6.29. The zero-order valence-electron chi connectivity index (χ0n) is 18.1. The first-order valence-corrected chi connectivity index (χ1v) is 12.1. The number of nitrogens with zero attached hydrogens (tertiary/aromatic N) is 1. The Balaban J connectivity index is 1.77. The Kier molecular flexibility index (Phi) is 16.9. The Morgan fingerprint density at radius 2 is 1.21 bits per heavy atom. The smallest absolute Gasteiger partial charge is 0.252 e. The first kappa shape index (κ1) is 25.9. The number of pyridine rings is 1. The maximum Gasteiger partial charge on any atom is 0.252 e. The van der Waals surface area contributed by atoms with Crippen molar-refractivity contribution in [3.63, 3.8) is 0 Å². The van der Waals surface area contributed by atoms with E-state index in [4.69, 9.17) is 16.7 Å². The van der Waals surface area contributed by atoms with Crippen LogP contribution in [0.4, 0.5) is 0 Å². The third kappa shape index (κ3) is 15.4. The molecule has 0 unspecified atom stereocenters. The summed E-state index contributed by atoms with van der Waals surface area (Å²) in [5.41, 5.74) is 0.562. The summed E-state index contributed by atoms with van der Waals surface area (Å²) in [6.07, 6.45) is 22.1. The zero-order chi connectivity index (χ0) is 21.0. The van der Waals surface area contributed by atoms with Crippen LogP contribution in [0.2, 0.25) is 5.15 Å². The molecule has 4 nitrogen and oxygen atoms in total. The molecule has 166 valence electrons. The third-order valence-electron chi connectivity index (χ3n) is 5.36. The summed E-state index contributed by atoms with van der Waals surface area (Å²) < 4.78 is 0. The summed E-state index contributed by atoms with van der Waals surface area (Å²) in [7, 11) is 0. The van der Waals surface area contributed by atoms with Crippen molar-refractivity contribution >= 4 is 17.5 Å². The number of aromatic nitrogens is 1. The van der Waals surface area contributed by atoms with E-state index in [0.717, 1.165) is 19.4 Å². The summed E-state index contributed by atoms with van der Waals surface area (Å²) in [6.45, 7) is 1.07. The van der Waals surface area contributed by atoms with Crippen LogP contribution < -0.4 is 5.32 Å². The second kappa shape index (κ2) is 18.9. The number of hydrogen-bond acceptors (Lipinski definition) is 3. The minimum Gasteiger partial charge on any atom is -0.396 e. The Morgan fingerprint density at radius 3 is 1.62 bits per heavy atom. The molecule has 0 atom stereocenters. The molecule has 0 aliphatic carbocycles. The van der Waals surface area contributed by atoms with Gasteiger partial charge >= 0.3 is 0 Å². The van der Waals surface area contributed by atoms with Gasteiger partial charge in [0.05, 0.1) is 5.56 Å². The van der Waals surface area contributed by atoms with Gasteiger partial charge in [0.1, 0.15) is 5.15 Å². The number of carbonyl (C=O) groups excluding carboxylic acids is 1. The molecule has 5 heteroatoms. The van der Waals surface area contributed by atoms with E-state index in [-0.39, 0.29) is 5.91 Å². The SMILES string of the molecule is O=C(NCCCCCCCCCCCCCCCCCCO)c1ccc(Cl)nc1. The molecule has 29 heavy (non-hydrogen) atoms. The molecular formula is C24H41ClN2O2. The quantitative estimate of drug-likeness (QED) is 0.192. The van der Waals surface area contributed by atoms with Gasteiger partial charge in [-0.3, -0.25) is 4.79 Å². The number of amides is 1. The second-order valence-corrected chi connectivity index (χ2v) is 8.39. The van der Waals surface area contributed by atoms with Gasteiger partial charge in [0.25, 0.3) is 5.91 Å². The van der Waals surface area contributed by atoms with E-state index in [1.807, 2.05) is 0 Å². The molecule has 1 aromatic rings. The van der Waals surface area contributed by atoms with Crippen LogP contribution >= 0.6 is 11.6 Å². The summed E-state index contributed by atoms with van der Waals surface area (Å²) in [5, 5.41) is 12.1. The topological polar surface area (TPSA) is 62.2 Å². The van der Waals surface area contributed by atoms with Gasteiger partial charge in [0.15, 0.2) is 0 Å². The number of unbranched alkanes of at least 4 members (excludes halogenated alkanes) is 15. The van der Waals surface area contributed by atoms with E-state index < -0.39 is 0 Å². The molecule has 1 amide bonds. The fourth-order valence-electron chi connectivity index (χ4n) is 3.53. The lowest BCUT2D eigenvalue weighted by Gasteiger charge is -2.05. The van der Waals surface area contributed by atoms with E-state index in [0.29, 0.717) is 17.3 Å². The van der Waals surface area contributed by atoms with Crippen LogP contribution in [0, 0.1) is 0 Å². The predicted molar refractivity (Wildman–Crippen MR) is 123 cm³/mol. The van der Waals surface area contributed by atoms with Crippen LogP contribution in [0.25, 0.3) is 0 Å². The normalized spacial score (nSPS) is 11.0. The van der Waals surface area contributed by atoms with Gasteiger partial charge in [-0.05, 0) is 25.0 Å². The average Bonchev–Trinajstić information content (AvgIpc) is 2.73. The van der Waals surface area contributed by atoms with E-state index in [9.17, 15) is 4.79 Å². The van der Waals surface area contributed by atoms with Gasteiger partial charge < -0.3 is 10.4 Å². The number of aliphatic hydroxyl groups excluding tert-OH is 1. The van der Waals surface area contributed by atoms with Crippen molar-refractivity contribution in [3.05, 3.63) is 29.0 Å². The summed E-state index contributed by atoms with van der Waals surface area (Å²) in [4.78, 5) is 15.9. The summed E-state index contributed by atoms with van der Waals surface area (Å²) >= 11 is 5.73. The first-order valence-electron chi connectivity index (χ1n) is 11.7. The summed E-state index contributed by atoms with van der Waals surface area (Å²) in [6, 6.07) is 3.34. The van der Waals surface area contributed by atoms with Crippen LogP contribution in [0.5, 0.6) is 0 Å². The minimum absolute atomic E-state index is 0.0733. The highest BCUT2D eigenvalue weighted by Crippen LogP contribution is 2.13. The van der Waals surface area contributed by atoms with Gasteiger partial charge in [-0.15, -0.1) is 0 Å². The molecule has 1 heterocycles. The standard InChI is InChI=1S/C24H41ClN2O2/c25-23-18-17-22(21-27-23)24(29)26-19-15-13-11-9-7-5-3-1-2-4-6-8-10-12-14-16-20-28/h17-18,21,28H,1-16,19-20H2,(H,26,29). The van der Waals surface area contributed by atoms with Gasteiger partial charge in [0, 0.05) is 19.3 Å². The van der Waals surface area contributed by atoms with Crippen molar-refractivity contribution < 1.29 is 9.90 Å². The van der Waals surface area contributed by atoms with Crippen molar-refractivity contribution in [1.29, 1.82) is 0 Å². The largest absolute Gasteiger partial charge is 0.396 e. The van der Waals surface area contributed by atoms with Crippen molar-refractivity contribution in [3.8, 4) is 0 Å². The number of aliphatic hydroxyl groups is 1. The fraction of sp³-hybridized carbons (Fsp3) is 0.750. The molecule has 0 aliphatic rings. The van der Waals surface area contributed by atoms with E-state index in [2.05, 4.69) is 10.3 Å². The number of rotatable bonds is 19. The van der Waals surface area contributed by atoms with Crippen LogP contribution in [-0.2, 0) is 0 Å². The van der Waals surface area contributed by atoms with Gasteiger partial charge in [-0.2, -0.15) is 0 Å². The Bertz CT molecular complexity index is 508. The van der Waals surface area contributed by atoms with Crippen LogP contribution in [0.1, 0.15) is 113 Å². The fourth-order valence-corrected chi connectivity index (χ4v) is 3.64. The van der Waals surface area contributed by atoms with Gasteiger partial charge in [-0.1, -0.05) is 101 Å². The maximum absolute atomic E-state index is 11.9. The zero-order valence-corrected chi connectivity index (χ0v) is 18.9. The molecule has 0 aromatic carbocycles. The molecule has 1 rings (SSSR count). The maximum atomic E-state index is 11.9. The average molecular weight is 425 g/mol. The number of hydrogen-bond donors (Lipinski definition) is 2. The van der Waals surface area contributed by atoms with Crippen LogP contribution in [-0.4, -0.2) is 29.1 Å². The van der Waals surface area contributed by atoms with E-state index >= 15 is 0 Å². The molecule has 0 saturated carbocycles. The van der Waals surface area contributed by atoms with Gasteiger partial charge in [-0.25, -0.2) is 4.98 Å². The molecule has 1 aromatic heterocycles. The van der Waals surface area contributed by atoms with Crippen LogP contribution in [0.15, 0.2) is 18.3 Å². The molecular weight excluding hydrogens is 384 g/mol. The lowest BCUT2D eigenvalue weighted by Crippen LogP contribution is -2.24. The molecule has 0 radical (unpaired) electrons. The molecule has 0 aliphatic heterocycles. The predicted octanol–water partition coefficient (Wildman–Crippen LogP) is 6.70. The highest BCUT2D eigenvalue weighted by atomic mass is 35.5.